The lowest BCUT2D eigenvalue weighted by molar-refractivity contribution is -0.311. The summed E-state index contributed by atoms with van der Waals surface area (Å²) in [5, 5.41) is 108. The third-order valence-corrected chi connectivity index (χ3v) is 13.5. The number of fused-ring (bicyclic) bond motifs is 2. The zero-order valence-corrected chi connectivity index (χ0v) is 37.8. The molecule has 21 atom stereocenters. The van der Waals surface area contributed by atoms with Crippen LogP contribution in [0.25, 0.3) is 10.8 Å². The summed E-state index contributed by atoms with van der Waals surface area (Å²) in [7, 11) is 1.19. The standard InChI is InChI=1S/C45H64O21/c1-15-26(63-31-13-27(39(53)19(5)61-31)64-29-11-24(47)37(51)17(3)59-29)10-22-8-21-9-23(44(58-7)43(57)36(50)16(2)46)45(42(56)34(21)41(55)33(22)35(15)49)66-32-14-28(40(54)20(6)62-32)65-30-12-25(48)38(52)18(4)60-30/h8,10,16-20,23-25,27-32,36-40,44-55H,9,11-14H2,1-7H3. The average molecular weight is 941 g/mol. The molecule has 0 saturated carbocycles. The number of ketones is 2. The van der Waals surface area contributed by atoms with Gasteiger partial charge in [-0.15, -0.1) is 0 Å². The van der Waals surface area contributed by atoms with Crippen molar-refractivity contribution in [3.8, 4) is 17.2 Å². The summed E-state index contributed by atoms with van der Waals surface area (Å²) < 4.78 is 53.7. The smallest absolute Gasteiger partial charge is 0.202 e. The molecule has 21 unspecified atom stereocenters. The molecule has 370 valence electrons. The molecule has 7 rings (SSSR count). The number of Topliss-reactive ketones (excluding diaryl/α,β-unsaturated/α-hetero) is 2. The minimum absolute atomic E-state index is 0.0233. The Hall–Kier alpha value is -3.20. The first-order chi connectivity index (χ1) is 31.1. The molecular formula is C45H64O21. The highest BCUT2D eigenvalue weighted by Crippen LogP contribution is 2.47. The van der Waals surface area contributed by atoms with Gasteiger partial charge in [-0.1, -0.05) is 0 Å². The zero-order chi connectivity index (χ0) is 48.2. The molecule has 2 aromatic carbocycles. The second-order valence-electron chi connectivity index (χ2n) is 18.3. The predicted octanol–water partition coefficient (Wildman–Crippen LogP) is -0.520. The van der Waals surface area contributed by atoms with Crippen molar-refractivity contribution in [1.29, 1.82) is 0 Å². The van der Waals surface area contributed by atoms with Gasteiger partial charge < -0.3 is 93.7 Å². The molecule has 4 aliphatic heterocycles. The highest BCUT2D eigenvalue weighted by molar-refractivity contribution is 6.11. The van der Waals surface area contributed by atoms with E-state index in [1.54, 1.807) is 27.7 Å². The van der Waals surface area contributed by atoms with Gasteiger partial charge in [0.05, 0.1) is 65.9 Å². The number of ether oxygens (including phenoxy) is 9. The van der Waals surface area contributed by atoms with Gasteiger partial charge in [0, 0.05) is 44.3 Å². The fourth-order valence-electron chi connectivity index (χ4n) is 9.62. The van der Waals surface area contributed by atoms with Crippen LogP contribution in [0.4, 0.5) is 0 Å². The number of rotatable bonds is 13. The quantitative estimate of drug-likeness (QED) is 0.121. The topological polar surface area (TPSA) is 320 Å². The number of aromatic hydroxyl groups is 2. The van der Waals surface area contributed by atoms with Crippen LogP contribution in [0, 0.1) is 12.8 Å². The Morgan fingerprint density at radius 2 is 1.18 bits per heavy atom. The van der Waals surface area contributed by atoms with Crippen LogP contribution in [-0.2, 0) is 49.1 Å². The molecule has 5 aliphatic rings. The van der Waals surface area contributed by atoms with E-state index in [-0.39, 0.29) is 65.3 Å². The molecule has 4 saturated heterocycles. The number of aliphatic hydroxyl groups is 8. The maximum Gasteiger partial charge on any atom is 0.202 e. The third-order valence-electron chi connectivity index (χ3n) is 13.5. The number of hydrogen-bond acceptors (Lipinski definition) is 21. The molecule has 0 aromatic heterocycles. The summed E-state index contributed by atoms with van der Waals surface area (Å²) in [6, 6.07) is 3.04. The maximum atomic E-state index is 14.8. The molecule has 1 aliphatic carbocycles. The lowest BCUT2D eigenvalue weighted by Gasteiger charge is -2.43. The summed E-state index contributed by atoms with van der Waals surface area (Å²) >= 11 is 0. The summed E-state index contributed by atoms with van der Waals surface area (Å²) in [5.74, 6) is -3.95. The minimum atomic E-state index is -1.92. The van der Waals surface area contributed by atoms with Crippen molar-refractivity contribution in [2.45, 2.75) is 196 Å². The Kier molecular flexibility index (Phi) is 15.7. The Morgan fingerprint density at radius 3 is 1.68 bits per heavy atom. The maximum absolute atomic E-state index is 14.8. The number of hydrogen-bond donors (Lipinski definition) is 10. The third kappa shape index (κ3) is 10.1. The number of benzene rings is 2. The van der Waals surface area contributed by atoms with E-state index in [4.69, 9.17) is 42.6 Å². The lowest BCUT2D eigenvalue weighted by Crippen LogP contribution is -2.56. The van der Waals surface area contributed by atoms with E-state index in [0.29, 0.717) is 0 Å². The Balaban J connectivity index is 1.18. The molecule has 2 aromatic rings. The normalized spacial score (nSPS) is 40.1. The molecule has 0 radical (unpaired) electrons. The average Bonchev–Trinajstić information content (AvgIpc) is 3.25. The summed E-state index contributed by atoms with van der Waals surface area (Å²) in [6.45, 7) is 9.02. The van der Waals surface area contributed by atoms with Crippen LogP contribution in [0.15, 0.2) is 12.1 Å². The molecule has 21 heteroatoms. The lowest BCUT2D eigenvalue weighted by atomic mass is 9.75. The van der Waals surface area contributed by atoms with E-state index in [2.05, 4.69) is 0 Å². The van der Waals surface area contributed by atoms with Gasteiger partial charge in [0.1, 0.15) is 60.0 Å². The van der Waals surface area contributed by atoms with Crippen molar-refractivity contribution >= 4 is 22.3 Å². The van der Waals surface area contributed by atoms with Gasteiger partial charge in [-0.05, 0) is 71.0 Å². The summed E-state index contributed by atoms with van der Waals surface area (Å²) in [4.78, 5) is 28.5. The van der Waals surface area contributed by atoms with E-state index >= 15 is 0 Å². The molecule has 0 amide bonds. The molecule has 66 heavy (non-hydrogen) atoms. The molecule has 10 N–H and O–H groups in total. The van der Waals surface area contributed by atoms with Gasteiger partial charge in [-0.2, -0.15) is 0 Å². The van der Waals surface area contributed by atoms with E-state index in [1.807, 2.05) is 0 Å². The van der Waals surface area contributed by atoms with Crippen molar-refractivity contribution in [1.82, 2.24) is 0 Å². The first-order valence-electron chi connectivity index (χ1n) is 22.4. The van der Waals surface area contributed by atoms with Crippen LogP contribution in [0.3, 0.4) is 0 Å². The summed E-state index contributed by atoms with van der Waals surface area (Å²) in [6.07, 6.45) is -23.5. The predicted molar refractivity (Wildman–Crippen MR) is 224 cm³/mol. The van der Waals surface area contributed by atoms with Crippen LogP contribution in [0.5, 0.6) is 17.2 Å². The van der Waals surface area contributed by atoms with Crippen molar-refractivity contribution in [2.24, 2.45) is 5.92 Å². The van der Waals surface area contributed by atoms with E-state index in [0.717, 1.165) is 0 Å². The van der Waals surface area contributed by atoms with Gasteiger partial charge in [-0.25, -0.2) is 0 Å². The van der Waals surface area contributed by atoms with Crippen molar-refractivity contribution in [3.63, 3.8) is 0 Å². The van der Waals surface area contributed by atoms with Crippen LogP contribution in [0.2, 0.25) is 0 Å². The molecule has 4 heterocycles. The van der Waals surface area contributed by atoms with Crippen LogP contribution in [-0.4, -0.2) is 193 Å². The highest BCUT2D eigenvalue weighted by Gasteiger charge is 2.50. The van der Waals surface area contributed by atoms with Crippen LogP contribution < -0.4 is 4.74 Å². The number of carbonyl (C=O) groups is 2. The monoisotopic (exact) mass is 940 g/mol. The second kappa shape index (κ2) is 20.4. The van der Waals surface area contributed by atoms with E-state index in [9.17, 15) is 60.7 Å². The highest BCUT2D eigenvalue weighted by atomic mass is 16.7. The molecule has 21 nitrogen and oxygen atoms in total. The molecule has 0 spiro atoms. The Bertz CT molecular complexity index is 2030. The summed E-state index contributed by atoms with van der Waals surface area (Å²) in [5.41, 5.74) is 0.116. The first kappa shape index (κ1) is 50.7. The van der Waals surface area contributed by atoms with Crippen LogP contribution >= 0.6 is 0 Å². The molecular weight excluding hydrogens is 876 g/mol. The SMILES string of the molecule is COC(C(=O)C(O)C(C)O)C1Cc2cc3cc(OC4CC(OC5CC(O)C(O)C(C)O5)C(O)C(C)O4)c(C)c(O)c3c(O)c2C(=O)C1OC1CC(OC2CC(O)C(O)C(C)O2)C(O)C(C)O1. The largest absolute Gasteiger partial charge is 0.507 e. The fourth-order valence-corrected chi connectivity index (χ4v) is 9.62. The van der Waals surface area contributed by atoms with E-state index in [1.165, 1.54) is 33.1 Å². The fraction of sp³-hybridized carbons (Fsp3) is 0.733. The van der Waals surface area contributed by atoms with Gasteiger partial charge in [0.25, 0.3) is 0 Å². The zero-order valence-electron chi connectivity index (χ0n) is 37.8. The van der Waals surface area contributed by atoms with Gasteiger partial charge >= 0.3 is 0 Å². The van der Waals surface area contributed by atoms with Gasteiger partial charge in [0.2, 0.25) is 6.29 Å². The Morgan fingerprint density at radius 1 is 0.697 bits per heavy atom. The first-order valence-corrected chi connectivity index (χ1v) is 22.4. The Labute approximate surface area is 380 Å². The minimum Gasteiger partial charge on any atom is -0.507 e. The van der Waals surface area contributed by atoms with Crippen LogP contribution in [0.1, 0.15) is 81.8 Å². The molecule has 4 fully saturated rings. The number of phenols is 2. The van der Waals surface area contributed by atoms with Crippen molar-refractivity contribution < 1.29 is 103 Å². The number of aliphatic hydroxyl groups excluding tert-OH is 8. The molecule has 0 bridgehead atoms. The second-order valence-corrected chi connectivity index (χ2v) is 18.3. The van der Waals surface area contributed by atoms with Gasteiger partial charge in [0.15, 0.2) is 30.4 Å². The van der Waals surface area contributed by atoms with Crippen molar-refractivity contribution in [2.75, 3.05) is 7.11 Å². The van der Waals surface area contributed by atoms with Gasteiger partial charge in [-0.3, -0.25) is 9.59 Å². The van der Waals surface area contributed by atoms with E-state index < -0.39 is 152 Å². The number of carbonyl (C=O) groups excluding carboxylic acids is 2. The number of phenolic OH excluding ortho intramolecular Hbond substituents is 2. The van der Waals surface area contributed by atoms with Crippen molar-refractivity contribution in [3.05, 3.63) is 28.8 Å². The number of methoxy groups -OCH3 is 1.